The Morgan fingerprint density at radius 3 is 2.41 bits per heavy atom. The number of anilines is 1. The molecule has 1 aromatic rings. The van der Waals surface area contributed by atoms with Crippen LogP contribution in [-0.2, 0) is 25.8 Å². The largest absolute Gasteiger partial charge is 0.372 e. The number of hydrogen-bond acceptors (Lipinski definition) is 5. The summed E-state index contributed by atoms with van der Waals surface area (Å²) >= 11 is 0. The van der Waals surface area contributed by atoms with Gasteiger partial charge < -0.3 is 9.64 Å². The number of ketones is 1. The Morgan fingerprint density at radius 1 is 1.17 bits per heavy atom. The van der Waals surface area contributed by atoms with Crippen LogP contribution in [0.25, 0.3) is 0 Å². The van der Waals surface area contributed by atoms with E-state index in [0.29, 0.717) is 44.3 Å². The average Bonchev–Trinajstić information content (AvgIpc) is 2.62. The molecule has 1 aliphatic rings. The van der Waals surface area contributed by atoms with Gasteiger partial charge in [-0.3, -0.25) is 4.79 Å². The highest BCUT2D eigenvalue weighted by Crippen LogP contribution is 2.23. The zero-order valence-electron chi connectivity index (χ0n) is 18.0. The molecule has 1 aliphatic heterocycles. The Bertz CT molecular complexity index is 784. The van der Waals surface area contributed by atoms with Crippen molar-refractivity contribution in [3.8, 4) is 0 Å². The van der Waals surface area contributed by atoms with E-state index in [-0.39, 0.29) is 41.2 Å². The van der Waals surface area contributed by atoms with Crippen LogP contribution in [0, 0.1) is 5.82 Å². The molecule has 2 rings (SSSR count). The predicted molar refractivity (Wildman–Crippen MR) is 115 cm³/mol. The van der Waals surface area contributed by atoms with E-state index >= 15 is 0 Å². The summed E-state index contributed by atoms with van der Waals surface area (Å²) < 4.78 is 43.8. The molecule has 0 unspecified atom stereocenters. The molecule has 0 aliphatic carbocycles. The van der Waals surface area contributed by atoms with Gasteiger partial charge in [-0.05, 0) is 58.2 Å². The number of carbonyl (C=O) groups excluding carboxylic acids is 1. The molecular formula is C22H34FNO4S. The fourth-order valence-corrected chi connectivity index (χ4v) is 4.68. The monoisotopic (exact) mass is 427 g/mol. The van der Waals surface area contributed by atoms with Crippen LogP contribution in [-0.4, -0.2) is 50.5 Å². The lowest BCUT2D eigenvalue weighted by Gasteiger charge is -2.37. The first-order chi connectivity index (χ1) is 13.6. The second-order valence-electron chi connectivity index (χ2n) is 8.38. The summed E-state index contributed by atoms with van der Waals surface area (Å²) in [4.78, 5) is 14.3. The number of Topliss-reactive ketones (excluding diaryl/α,β-unsaturated/α-hetero) is 1. The van der Waals surface area contributed by atoms with Crippen molar-refractivity contribution >= 4 is 21.3 Å². The van der Waals surface area contributed by atoms with Gasteiger partial charge in [-0.1, -0.05) is 12.5 Å². The Labute approximate surface area is 174 Å². The Balaban J connectivity index is 1.80. The van der Waals surface area contributed by atoms with Crippen LogP contribution >= 0.6 is 0 Å². The highest BCUT2D eigenvalue weighted by atomic mass is 32.2. The summed E-state index contributed by atoms with van der Waals surface area (Å²) in [5.41, 5.74) is 1.22. The molecule has 7 heteroatoms. The van der Waals surface area contributed by atoms with Gasteiger partial charge in [0.2, 0.25) is 0 Å². The number of rotatable bonds is 10. The number of morpholine rings is 1. The fraction of sp³-hybridized carbons (Fsp3) is 0.682. The van der Waals surface area contributed by atoms with Crippen molar-refractivity contribution in [2.75, 3.05) is 23.7 Å². The minimum Gasteiger partial charge on any atom is -0.372 e. The van der Waals surface area contributed by atoms with Crippen molar-refractivity contribution in [3.63, 3.8) is 0 Å². The van der Waals surface area contributed by atoms with Crippen molar-refractivity contribution < 1.29 is 22.3 Å². The van der Waals surface area contributed by atoms with Gasteiger partial charge in [0.15, 0.2) is 9.84 Å². The molecule has 0 saturated carbocycles. The van der Waals surface area contributed by atoms with E-state index in [1.165, 1.54) is 6.07 Å². The van der Waals surface area contributed by atoms with Crippen LogP contribution < -0.4 is 4.90 Å². The van der Waals surface area contributed by atoms with Gasteiger partial charge in [0.1, 0.15) is 11.6 Å². The molecule has 1 aromatic carbocycles. The fourth-order valence-electron chi connectivity index (χ4n) is 3.60. The maximum absolute atomic E-state index is 14.5. The summed E-state index contributed by atoms with van der Waals surface area (Å²) in [7, 11) is -3.02. The zero-order valence-corrected chi connectivity index (χ0v) is 18.8. The topological polar surface area (TPSA) is 63.7 Å². The molecule has 0 amide bonds. The molecule has 1 fully saturated rings. The third-order valence-electron chi connectivity index (χ3n) is 5.31. The summed E-state index contributed by atoms with van der Waals surface area (Å²) in [6.07, 6.45) is 2.50. The van der Waals surface area contributed by atoms with Gasteiger partial charge in [0.05, 0.1) is 23.2 Å². The minimum absolute atomic E-state index is 0.0167. The van der Waals surface area contributed by atoms with E-state index in [4.69, 9.17) is 4.74 Å². The van der Waals surface area contributed by atoms with Gasteiger partial charge in [0.25, 0.3) is 0 Å². The summed E-state index contributed by atoms with van der Waals surface area (Å²) in [5.74, 6) is -0.212. The van der Waals surface area contributed by atoms with Crippen molar-refractivity contribution in [2.45, 2.75) is 77.3 Å². The Kier molecular flexibility index (Phi) is 8.64. The lowest BCUT2D eigenvalue weighted by atomic mass is 10.0. The van der Waals surface area contributed by atoms with Gasteiger partial charge in [-0.15, -0.1) is 0 Å². The van der Waals surface area contributed by atoms with E-state index < -0.39 is 9.84 Å². The second kappa shape index (κ2) is 10.5. The lowest BCUT2D eigenvalue weighted by molar-refractivity contribution is -0.118. The maximum atomic E-state index is 14.5. The van der Waals surface area contributed by atoms with E-state index in [2.05, 4.69) is 4.90 Å². The highest BCUT2D eigenvalue weighted by molar-refractivity contribution is 7.91. The first-order valence-corrected chi connectivity index (χ1v) is 12.2. The first kappa shape index (κ1) is 23.8. The number of ether oxygens (including phenoxy) is 1. The van der Waals surface area contributed by atoms with E-state index in [1.807, 2.05) is 19.9 Å². The van der Waals surface area contributed by atoms with Crippen LogP contribution in [0.3, 0.4) is 0 Å². The molecule has 0 N–H and O–H groups in total. The van der Waals surface area contributed by atoms with Gasteiger partial charge in [0, 0.05) is 31.6 Å². The summed E-state index contributed by atoms with van der Waals surface area (Å²) in [6.45, 7) is 8.80. The van der Waals surface area contributed by atoms with Crippen molar-refractivity contribution in [2.24, 2.45) is 0 Å². The third-order valence-corrected chi connectivity index (χ3v) is 7.61. The normalized spacial score (nSPS) is 20.3. The summed E-state index contributed by atoms with van der Waals surface area (Å²) in [5, 5.41) is -0.362. The Hall–Kier alpha value is -1.47. The number of sulfone groups is 1. The van der Waals surface area contributed by atoms with Crippen molar-refractivity contribution in [1.82, 2.24) is 0 Å². The van der Waals surface area contributed by atoms with Crippen molar-refractivity contribution in [1.29, 1.82) is 0 Å². The number of unbranched alkanes of at least 4 members (excludes halogenated alkanes) is 2. The molecule has 2 atom stereocenters. The molecule has 1 saturated heterocycles. The SMILES string of the molecule is CC(C)S(=O)(=O)CCCCCC(=O)Cc1ccc(N2C[C@@H](C)O[C@@H](C)C2)cc1F. The first-order valence-electron chi connectivity index (χ1n) is 10.5. The molecular weight excluding hydrogens is 393 g/mol. The quantitative estimate of drug-likeness (QED) is 0.529. The Morgan fingerprint density at radius 2 is 1.83 bits per heavy atom. The lowest BCUT2D eigenvalue weighted by Crippen LogP contribution is -2.45. The maximum Gasteiger partial charge on any atom is 0.152 e. The molecule has 1 heterocycles. The van der Waals surface area contributed by atoms with E-state index in [9.17, 15) is 17.6 Å². The number of nitrogens with zero attached hydrogens (tertiary/aromatic N) is 1. The average molecular weight is 428 g/mol. The molecule has 0 spiro atoms. The van der Waals surface area contributed by atoms with Crippen LogP contribution in [0.1, 0.15) is 58.9 Å². The number of carbonyl (C=O) groups is 1. The standard InChI is InChI=1S/C22H34FNO4S/c1-16(2)29(26,27)11-7-5-6-8-21(25)12-19-9-10-20(13-22(19)23)24-14-17(3)28-18(4)15-24/h9-10,13,16-18H,5-8,11-12,14-15H2,1-4H3/t17-,18+. The van der Waals surface area contributed by atoms with Gasteiger partial charge in [-0.2, -0.15) is 0 Å². The van der Waals surface area contributed by atoms with Crippen LogP contribution in [0.5, 0.6) is 0 Å². The number of halogens is 1. The minimum atomic E-state index is -3.02. The number of benzene rings is 1. The van der Waals surface area contributed by atoms with Crippen LogP contribution in [0.2, 0.25) is 0 Å². The van der Waals surface area contributed by atoms with Gasteiger partial charge >= 0.3 is 0 Å². The third kappa shape index (κ3) is 7.37. The smallest absolute Gasteiger partial charge is 0.152 e. The molecule has 0 radical (unpaired) electrons. The molecule has 5 nitrogen and oxygen atoms in total. The van der Waals surface area contributed by atoms with E-state index in [0.717, 1.165) is 5.69 Å². The van der Waals surface area contributed by atoms with Gasteiger partial charge in [-0.25, -0.2) is 12.8 Å². The molecule has 0 aromatic heterocycles. The van der Waals surface area contributed by atoms with Crippen LogP contribution in [0.4, 0.5) is 10.1 Å². The van der Waals surface area contributed by atoms with Crippen molar-refractivity contribution in [3.05, 3.63) is 29.6 Å². The predicted octanol–water partition coefficient (Wildman–Crippen LogP) is 3.93. The van der Waals surface area contributed by atoms with Crippen LogP contribution in [0.15, 0.2) is 18.2 Å². The zero-order chi connectivity index (χ0) is 21.6. The summed E-state index contributed by atoms with van der Waals surface area (Å²) in [6, 6.07) is 5.07. The molecule has 29 heavy (non-hydrogen) atoms. The highest BCUT2D eigenvalue weighted by Gasteiger charge is 2.23. The molecule has 0 bridgehead atoms. The molecule has 164 valence electrons. The van der Waals surface area contributed by atoms with E-state index in [1.54, 1.807) is 19.9 Å². The second-order valence-corrected chi connectivity index (χ2v) is 11.1. The number of hydrogen-bond donors (Lipinski definition) is 0.